The molecule has 0 aliphatic carbocycles. The van der Waals surface area contributed by atoms with Crippen molar-refractivity contribution in [2.24, 2.45) is 0 Å². The van der Waals surface area contributed by atoms with Crippen LogP contribution in [0, 0.1) is 6.92 Å². The molecule has 0 bridgehead atoms. The fourth-order valence-electron chi connectivity index (χ4n) is 3.11. The monoisotopic (exact) mass is 399 g/mol. The summed E-state index contributed by atoms with van der Waals surface area (Å²) < 4.78 is 12.2. The number of carbonyl (C=O) groups is 2. The molecule has 0 radical (unpaired) electrons. The summed E-state index contributed by atoms with van der Waals surface area (Å²) in [4.78, 5) is 28.4. The molecule has 0 unspecified atom stereocenters. The Labute approximate surface area is 168 Å². The Balaban J connectivity index is 1.42. The smallest absolute Gasteiger partial charge is 0.237 e. The van der Waals surface area contributed by atoms with Crippen LogP contribution in [-0.2, 0) is 20.4 Å². The van der Waals surface area contributed by atoms with Gasteiger partial charge in [0, 0.05) is 48.4 Å². The summed E-state index contributed by atoms with van der Waals surface area (Å²) in [5.41, 5.74) is 2.90. The maximum Gasteiger partial charge on any atom is 0.237 e. The normalized spacial score (nSPS) is 15.2. The molecule has 148 valence electrons. The van der Waals surface area contributed by atoms with E-state index in [-0.39, 0.29) is 23.3 Å². The molecule has 1 atom stereocenters. The van der Waals surface area contributed by atoms with Crippen LogP contribution in [0.25, 0.3) is 0 Å². The second-order valence-corrected chi connectivity index (χ2v) is 8.30. The first-order valence-corrected chi connectivity index (χ1v) is 10.8. The van der Waals surface area contributed by atoms with E-state index in [4.69, 9.17) is 0 Å². The third kappa shape index (κ3) is 5.66. The number of piperazine rings is 1. The van der Waals surface area contributed by atoms with Crippen LogP contribution in [0.1, 0.15) is 5.56 Å². The van der Waals surface area contributed by atoms with Crippen molar-refractivity contribution in [3.63, 3.8) is 0 Å². The molecule has 3 rings (SSSR count). The fraction of sp³-hybridized carbons (Fsp3) is 0.333. The number of amides is 2. The summed E-state index contributed by atoms with van der Waals surface area (Å²) >= 11 is 0. The number of hydrogen-bond acceptors (Lipinski definition) is 4. The molecule has 1 fully saturated rings. The van der Waals surface area contributed by atoms with Gasteiger partial charge in [0.25, 0.3) is 0 Å². The van der Waals surface area contributed by atoms with Crippen molar-refractivity contribution in [2.45, 2.75) is 6.92 Å². The third-order valence-electron chi connectivity index (χ3n) is 4.67. The van der Waals surface area contributed by atoms with Crippen LogP contribution in [0.3, 0.4) is 0 Å². The van der Waals surface area contributed by atoms with Gasteiger partial charge in [0.05, 0.1) is 0 Å². The van der Waals surface area contributed by atoms with Gasteiger partial charge in [-0.15, -0.1) is 0 Å². The minimum absolute atomic E-state index is 0.118. The first kappa shape index (κ1) is 20.1. The zero-order valence-electron chi connectivity index (χ0n) is 16.0. The zero-order chi connectivity index (χ0) is 19.9. The van der Waals surface area contributed by atoms with Gasteiger partial charge < -0.3 is 15.1 Å². The van der Waals surface area contributed by atoms with Gasteiger partial charge in [-0.2, -0.15) is 0 Å². The summed E-state index contributed by atoms with van der Waals surface area (Å²) in [5.74, 6) is -0.797. The van der Waals surface area contributed by atoms with Crippen LogP contribution >= 0.6 is 0 Å². The molecular formula is C21H25N3O3S. The lowest BCUT2D eigenvalue weighted by atomic mass is 10.2. The second kappa shape index (κ2) is 9.50. The number of nitrogens with one attached hydrogen (secondary N) is 1. The number of benzene rings is 2. The first-order chi connectivity index (χ1) is 13.5. The number of nitrogens with zero attached hydrogens (tertiary/aromatic N) is 2. The average Bonchev–Trinajstić information content (AvgIpc) is 2.70. The summed E-state index contributed by atoms with van der Waals surface area (Å²) in [6.45, 7) is 4.65. The highest BCUT2D eigenvalue weighted by molar-refractivity contribution is 7.86. The summed E-state index contributed by atoms with van der Waals surface area (Å²) in [7, 11) is -1.52. The Kier molecular flexibility index (Phi) is 6.81. The average molecular weight is 400 g/mol. The van der Waals surface area contributed by atoms with E-state index in [0.717, 1.165) is 24.3 Å². The van der Waals surface area contributed by atoms with Gasteiger partial charge >= 0.3 is 0 Å². The number of para-hydroxylation sites is 1. The fourth-order valence-corrected chi connectivity index (χ4v) is 4.04. The Hall–Kier alpha value is -2.67. The first-order valence-electron chi connectivity index (χ1n) is 9.30. The standard InChI is InChI=1S/C21H25N3O3S/c1-17-7-9-18(10-8-17)22-20(25)15-28(27)16-21(26)24-13-11-23(12-14-24)19-5-3-2-4-6-19/h2-10H,11-16H2,1H3,(H,22,25)/t28-/m0/s1. The molecule has 28 heavy (non-hydrogen) atoms. The zero-order valence-corrected chi connectivity index (χ0v) is 16.8. The Bertz CT molecular complexity index is 832. The second-order valence-electron chi connectivity index (χ2n) is 6.85. The molecule has 0 aromatic heterocycles. The van der Waals surface area contributed by atoms with Crippen LogP contribution in [0.2, 0.25) is 0 Å². The molecular weight excluding hydrogens is 374 g/mol. The van der Waals surface area contributed by atoms with Gasteiger partial charge in [0.2, 0.25) is 11.8 Å². The molecule has 2 amide bonds. The molecule has 0 spiro atoms. The van der Waals surface area contributed by atoms with Crippen molar-refractivity contribution in [2.75, 3.05) is 47.9 Å². The predicted octanol–water partition coefficient (Wildman–Crippen LogP) is 2.03. The van der Waals surface area contributed by atoms with Crippen molar-refractivity contribution in [3.05, 3.63) is 60.2 Å². The molecule has 1 saturated heterocycles. The van der Waals surface area contributed by atoms with E-state index in [1.807, 2.05) is 37.3 Å². The summed E-state index contributed by atoms with van der Waals surface area (Å²) in [6.07, 6.45) is 0. The number of anilines is 2. The molecule has 0 saturated carbocycles. The molecule has 1 N–H and O–H groups in total. The SMILES string of the molecule is Cc1ccc(NC(=O)C[S@](=O)CC(=O)N2CCN(c3ccccc3)CC2)cc1. The number of carbonyl (C=O) groups excluding carboxylic acids is 2. The van der Waals surface area contributed by atoms with Crippen molar-refractivity contribution in [1.82, 2.24) is 4.90 Å². The molecule has 1 heterocycles. The van der Waals surface area contributed by atoms with Crippen molar-refractivity contribution < 1.29 is 13.8 Å². The summed E-state index contributed by atoms with van der Waals surface area (Å²) in [6, 6.07) is 17.5. The van der Waals surface area contributed by atoms with Crippen LogP contribution in [0.4, 0.5) is 11.4 Å². The van der Waals surface area contributed by atoms with Crippen LogP contribution in [0.15, 0.2) is 54.6 Å². The van der Waals surface area contributed by atoms with E-state index in [9.17, 15) is 13.8 Å². The van der Waals surface area contributed by atoms with E-state index < -0.39 is 10.8 Å². The van der Waals surface area contributed by atoms with Crippen LogP contribution in [-0.4, -0.2) is 58.6 Å². The Morgan fingerprint density at radius 1 is 0.929 bits per heavy atom. The van der Waals surface area contributed by atoms with Crippen molar-refractivity contribution in [1.29, 1.82) is 0 Å². The molecule has 2 aromatic carbocycles. The lowest BCUT2D eigenvalue weighted by Crippen LogP contribution is -2.50. The largest absolute Gasteiger partial charge is 0.368 e. The highest BCUT2D eigenvalue weighted by atomic mass is 32.2. The number of aryl methyl sites for hydroxylation is 1. The minimum Gasteiger partial charge on any atom is -0.368 e. The van der Waals surface area contributed by atoms with E-state index >= 15 is 0 Å². The minimum atomic E-state index is -1.52. The quantitative estimate of drug-likeness (QED) is 0.807. The Morgan fingerprint density at radius 3 is 2.21 bits per heavy atom. The highest BCUT2D eigenvalue weighted by Gasteiger charge is 2.23. The lowest BCUT2D eigenvalue weighted by molar-refractivity contribution is -0.128. The van der Waals surface area contributed by atoms with Crippen LogP contribution < -0.4 is 10.2 Å². The van der Waals surface area contributed by atoms with Crippen molar-refractivity contribution in [3.8, 4) is 0 Å². The molecule has 7 heteroatoms. The highest BCUT2D eigenvalue weighted by Crippen LogP contribution is 2.15. The lowest BCUT2D eigenvalue weighted by Gasteiger charge is -2.36. The Morgan fingerprint density at radius 2 is 1.57 bits per heavy atom. The predicted molar refractivity (Wildman–Crippen MR) is 113 cm³/mol. The molecule has 1 aliphatic heterocycles. The van der Waals surface area contributed by atoms with Gasteiger partial charge in [0.15, 0.2) is 0 Å². The van der Waals surface area contributed by atoms with Crippen LogP contribution in [0.5, 0.6) is 0 Å². The number of hydrogen-bond donors (Lipinski definition) is 1. The van der Waals surface area contributed by atoms with Gasteiger partial charge in [-0.1, -0.05) is 35.9 Å². The maximum absolute atomic E-state index is 12.4. The van der Waals surface area contributed by atoms with E-state index in [1.54, 1.807) is 17.0 Å². The van der Waals surface area contributed by atoms with Crippen molar-refractivity contribution >= 4 is 34.0 Å². The molecule has 6 nitrogen and oxygen atoms in total. The van der Waals surface area contributed by atoms with Gasteiger partial charge in [-0.05, 0) is 31.2 Å². The molecule has 1 aliphatic rings. The number of rotatable bonds is 6. The van der Waals surface area contributed by atoms with Gasteiger partial charge in [0.1, 0.15) is 11.5 Å². The molecule has 2 aromatic rings. The van der Waals surface area contributed by atoms with E-state index in [2.05, 4.69) is 22.3 Å². The third-order valence-corrected chi connectivity index (χ3v) is 5.82. The topological polar surface area (TPSA) is 69.7 Å². The van der Waals surface area contributed by atoms with E-state index in [1.165, 1.54) is 0 Å². The summed E-state index contributed by atoms with van der Waals surface area (Å²) in [5, 5.41) is 2.71. The maximum atomic E-state index is 12.4. The van der Waals surface area contributed by atoms with E-state index in [0.29, 0.717) is 18.8 Å². The van der Waals surface area contributed by atoms with Gasteiger partial charge in [-0.25, -0.2) is 0 Å². The van der Waals surface area contributed by atoms with Gasteiger partial charge in [-0.3, -0.25) is 13.8 Å².